The molecule has 2 aliphatic heterocycles. The quantitative estimate of drug-likeness (QED) is 0.142. The van der Waals surface area contributed by atoms with E-state index in [1.165, 1.54) is 18.3 Å². The van der Waals surface area contributed by atoms with Gasteiger partial charge in [0.25, 0.3) is 6.71 Å². The molecule has 522 valence electrons. The number of hydrogen-bond acceptors (Lipinski definition) is 2. The summed E-state index contributed by atoms with van der Waals surface area (Å²) in [6.45, 7) is 17.0. The number of nitrogens with zero attached hydrogens (tertiary/aromatic N) is 6. The Morgan fingerprint density at radius 2 is 0.523 bits per heavy atom. The zero-order valence-corrected chi connectivity index (χ0v) is 60.5. The van der Waals surface area contributed by atoms with Gasteiger partial charge in [0, 0.05) is 99.5 Å². The van der Waals surface area contributed by atoms with Crippen molar-refractivity contribution in [2.45, 2.75) is 78.6 Å². The fourth-order valence-electron chi connectivity index (χ4n) is 16.5. The molecule has 0 saturated heterocycles. The molecule has 0 bridgehead atoms. The highest BCUT2D eigenvalue weighted by molar-refractivity contribution is 7.00. The highest BCUT2D eigenvalue weighted by Gasteiger charge is 2.46. The van der Waals surface area contributed by atoms with Gasteiger partial charge in [-0.2, -0.15) is 0 Å². The molecule has 0 amide bonds. The molecule has 0 fully saturated rings. The molecule has 15 aromatic carbocycles. The van der Waals surface area contributed by atoms with E-state index in [1.807, 2.05) is 121 Å². The lowest BCUT2D eigenvalue weighted by molar-refractivity contribution is 0.590. The van der Waals surface area contributed by atoms with Crippen molar-refractivity contribution in [2.75, 3.05) is 9.80 Å². The fraction of sp³-hybridized carbons (Fsp3) is 0.118. The third-order valence-corrected chi connectivity index (χ3v) is 21.6. The van der Waals surface area contributed by atoms with Crippen molar-refractivity contribution in [1.29, 1.82) is 0 Å². The maximum atomic E-state index is 9.94. The van der Waals surface area contributed by atoms with E-state index in [0.717, 1.165) is 11.1 Å². The molecule has 0 unspecified atom stereocenters. The van der Waals surface area contributed by atoms with Crippen LogP contribution in [-0.4, -0.2) is 25.0 Å². The first-order chi connectivity index (χ1) is 66.3. The number of hydrogen-bond donors (Lipinski definition) is 0. The highest BCUT2D eigenvalue weighted by Crippen LogP contribution is 2.54. The lowest BCUT2D eigenvalue weighted by atomic mass is 9.33. The number of aromatic nitrogens is 4. The van der Waals surface area contributed by atoms with E-state index in [-0.39, 0.29) is 110 Å². The maximum Gasteiger partial charge on any atom is 0.252 e. The van der Waals surface area contributed by atoms with E-state index in [0.29, 0.717) is 78.3 Å². The molecule has 0 radical (unpaired) electrons. The van der Waals surface area contributed by atoms with Gasteiger partial charge in [0.05, 0.1) is 111 Å². The van der Waals surface area contributed by atoms with Crippen LogP contribution in [0.25, 0.3) is 132 Å². The average Bonchev–Trinajstić information content (AvgIpc) is 1.26. The fourth-order valence-corrected chi connectivity index (χ4v) is 16.5. The van der Waals surface area contributed by atoms with Crippen molar-refractivity contribution in [2.24, 2.45) is 0 Å². The number of rotatable bonds is 8. The van der Waals surface area contributed by atoms with Crippen LogP contribution in [0.15, 0.2) is 327 Å². The van der Waals surface area contributed by atoms with E-state index < -0.39 is 216 Å². The van der Waals surface area contributed by atoms with Crippen LogP contribution in [0.1, 0.15) is 123 Å². The van der Waals surface area contributed by atoms with Crippen LogP contribution in [0, 0.1) is 0 Å². The Balaban J connectivity index is 0.966. The molecule has 2 aliphatic rings. The van der Waals surface area contributed by atoms with Gasteiger partial charge >= 0.3 is 0 Å². The second kappa shape index (κ2) is 23.8. The Kier molecular flexibility index (Phi) is 8.67. The second-order valence-electron chi connectivity index (χ2n) is 30.9. The topological polar surface area (TPSA) is 26.2 Å². The van der Waals surface area contributed by atoms with E-state index in [2.05, 4.69) is 0 Å². The van der Waals surface area contributed by atoms with Crippen LogP contribution in [0.5, 0.6) is 0 Å². The van der Waals surface area contributed by atoms with Crippen molar-refractivity contribution < 1.29 is 43.9 Å². The molecule has 21 rings (SSSR count). The molecular formula is C102H81BN6. The summed E-state index contributed by atoms with van der Waals surface area (Å²) in [7, 11) is 0. The van der Waals surface area contributed by atoms with Gasteiger partial charge in [-0.1, -0.05) is 268 Å². The van der Waals surface area contributed by atoms with E-state index in [4.69, 9.17) is 11.0 Å². The molecular weight excluding hydrogens is 1320 g/mol. The van der Waals surface area contributed by atoms with Gasteiger partial charge in [0.15, 0.2) is 0 Å². The Hall–Kier alpha value is -12.8. The van der Waals surface area contributed by atoms with Crippen molar-refractivity contribution in [3.8, 4) is 45.0 Å². The summed E-state index contributed by atoms with van der Waals surface area (Å²) >= 11 is 0. The van der Waals surface area contributed by atoms with Crippen LogP contribution in [-0.2, 0) is 16.2 Å². The van der Waals surface area contributed by atoms with Crippen LogP contribution < -0.4 is 26.2 Å². The molecule has 4 aromatic heterocycles. The molecule has 6 nitrogen and oxygen atoms in total. The first-order valence-electron chi connectivity index (χ1n) is 51.9. The van der Waals surface area contributed by atoms with Crippen molar-refractivity contribution >= 4 is 144 Å². The minimum Gasteiger partial charge on any atom is -0.311 e. The largest absolute Gasteiger partial charge is 0.311 e. The van der Waals surface area contributed by atoms with E-state index in [1.54, 1.807) is 84.9 Å². The minimum atomic E-state index is -1.08. The van der Waals surface area contributed by atoms with E-state index in [9.17, 15) is 32.9 Å². The third kappa shape index (κ3) is 9.74. The van der Waals surface area contributed by atoms with Gasteiger partial charge < -0.3 is 28.1 Å². The molecule has 0 saturated carbocycles. The van der Waals surface area contributed by atoms with E-state index >= 15 is 0 Å². The lowest BCUT2D eigenvalue weighted by Gasteiger charge is -2.46. The van der Waals surface area contributed by atoms with Gasteiger partial charge in [0.1, 0.15) is 0 Å². The third-order valence-electron chi connectivity index (χ3n) is 21.6. The van der Waals surface area contributed by atoms with Crippen molar-refractivity contribution in [1.82, 2.24) is 18.3 Å². The van der Waals surface area contributed by atoms with Crippen LogP contribution in [0.4, 0.5) is 34.1 Å². The molecule has 0 atom stereocenters. The van der Waals surface area contributed by atoms with Crippen molar-refractivity contribution in [3.63, 3.8) is 0 Å². The predicted octanol–water partition coefficient (Wildman–Crippen LogP) is 25.4. The average molecular weight is 1430 g/mol. The Morgan fingerprint density at radius 1 is 0.239 bits per heavy atom. The zero-order valence-electron chi connectivity index (χ0n) is 92.5. The minimum absolute atomic E-state index is 0.0939. The number of benzene rings is 15. The predicted molar refractivity (Wildman–Crippen MR) is 465 cm³/mol. The zero-order chi connectivity index (χ0) is 101. The molecule has 0 N–H and O–H groups in total. The summed E-state index contributed by atoms with van der Waals surface area (Å²) in [5.41, 5.74) is 3.57. The van der Waals surface area contributed by atoms with Crippen molar-refractivity contribution in [3.05, 3.63) is 344 Å². The summed E-state index contributed by atoms with van der Waals surface area (Å²) in [5.74, 6) is 0. The lowest BCUT2D eigenvalue weighted by Crippen LogP contribution is -2.61. The monoisotopic (exact) mass is 1430 g/mol. The standard InChI is InChI=1S/C102H81BN6/c1-100(2,3)64-50-56-93(79(58-64)77-38-18-28-48-91(77)106-87-44-24-14-34-73(87)74-35-15-25-45-88(74)106)108-95-62-67(104-83-40-20-10-30-69(83)70-31-11-21-41-84(70)104)52-54-81(95)103-82-55-53-68(105-85-42-22-12-32-71(85)72-33-13-23-43-86(72)105)63-96(82)109(98-61-66(102(7,8)9)60-97(108)99(98)103)94-57-51-65(101(4,5)6)59-80(94)78-39-19-29-49-92(78)107-89-46-26-16-36-75(89)76-37-17-27-47-90(76)107/h10-63H,1-9H3/i10D,11D,12D,13D,14D,15D,16D,17D,20D,21D,22D,23D,24D,25D,26D,27D,30D,31D,32D,33D,34D,35D,36D,37D,40D,41D,42D,43D,44D,45D,46D,47D. The Morgan fingerprint density at radius 3 is 0.826 bits per heavy atom. The molecule has 7 heteroatoms. The summed E-state index contributed by atoms with van der Waals surface area (Å²) in [6, 6.07) is 19.7. The summed E-state index contributed by atoms with van der Waals surface area (Å²) in [5, 5.41) is -1.67. The summed E-state index contributed by atoms with van der Waals surface area (Å²) in [6.07, 6.45) is 0. The van der Waals surface area contributed by atoms with Crippen LogP contribution in [0.2, 0.25) is 0 Å². The van der Waals surface area contributed by atoms with Gasteiger partial charge in [-0.25, -0.2) is 0 Å². The van der Waals surface area contributed by atoms with Gasteiger partial charge in [-0.15, -0.1) is 0 Å². The van der Waals surface area contributed by atoms with Crippen LogP contribution >= 0.6 is 0 Å². The molecule has 0 aliphatic carbocycles. The number of anilines is 6. The van der Waals surface area contributed by atoms with Gasteiger partial charge in [-0.05, 0) is 170 Å². The normalized spacial score (nSPS) is 17.2. The molecule has 109 heavy (non-hydrogen) atoms. The van der Waals surface area contributed by atoms with Gasteiger partial charge in [0.2, 0.25) is 0 Å². The van der Waals surface area contributed by atoms with Crippen LogP contribution in [0.3, 0.4) is 0 Å². The smallest absolute Gasteiger partial charge is 0.252 e. The summed E-state index contributed by atoms with van der Waals surface area (Å²) < 4.78 is 310. The first-order valence-corrected chi connectivity index (χ1v) is 35.9. The SMILES string of the molecule is [2H]c1c([2H])c([2H])c2c(c1[2H])c1c([2H])c([2H])c([2H])c([2H])c1n2-c1ccc2c(c1)N(c1ccc(C(C)(C)C)cc1-c1ccccc1-n1c3c([2H])c([2H])c([2H])c([2H])c3c3c([2H])c([2H])c([2H])c([2H])c31)c1cc(C(C)(C)C)cc3c1B2c1ccc(-n2c4c([2H])c([2H])c([2H])c([2H])c4c4c([2H])c([2H])c([2H])c([2H])c42)cc1N3c1ccc(C(C)(C)C)cc1-c1ccccc1-n1c2c([2H])c([2H])c([2H])c([2H])c2c2c([2H])c([2H])c([2H])c([2H])c21. The maximum absolute atomic E-state index is 9.94. The molecule has 19 aromatic rings. The number of fused-ring (bicyclic) bond motifs is 16. The molecule has 6 heterocycles. The number of para-hydroxylation sites is 10. The summed E-state index contributed by atoms with van der Waals surface area (Å²) in [4.78, 5) is 4.01. The first kappa shape index (κ1) is 39.7. The van der Waals surface area contributed by atoms with Gasteiger partial charge in [-0.3, -0.25) is 0 Å². The molecule has 0 spiro atoms. The second-order valence-corrected chi connectivity index (χ2v) is 30.9. The Bertz CT molecular complexity index is 8250. The Labute approximate surface area is 681 Å². The highest BCUT2D eigenvalue weighted by atomic mass is 15.2.